The van der Waals surface area contributed by atoms with E-state index in [4.69, 9.17) is 4.74 Å². The Bertz CT molecular complexity index is 132. The van der Waals surface area contributed by atoms with Gasteiger partial charge in [0.15, 0.2) is 0 Å². The lowest BCUT2D eigenvalue weighted by Gasteiger charge is -2.29. The zero-order valence-corrected chi connectivity index (χ0v) is 9.72. The number of rotatable bonds is 6. The highest BCUT2D eigenvalue weighted by atomic mass is 16.5. The molecule has 0 aliphatic heterocycles. The summed E-state index contributed by atoms with van der Waals surface area (Å²) in [5.41, 5.74) is 0. The predicted octanol–water partition coefficient (Wildman–Crippen LogP) is 2.58. The van der Waals surface area contributed by atoms with Crippen molar-refractivity contribution in [3.63, 3.8) is 0 Å². The van der Waals surface area contributed by atoms with E-state index in [0.29, 0.717) is 6.04 Å². The molecule has 1 aliphatic carbocycles. The molecule has 1 atom stereocenters. The maximum absolute atomic E-state index is 5.63. The Balaban J connectivity index is 2.21. The molecule has 1 unspecified atom stereocenters. The largest absolute Gasteiger partial charge is 0.380 e. The lowest BCUT2D eigenvalue weighted by Crippen LogP contribution is -2.38. The predicted molar refractivity (Wildman–Crippen MR) is 60.5 cm³/mol. The van der Waals surface area contributed by atoms with Gasteiger partial charge in [0.05, 0.1) is 6.61 Å². The van der Waals surface area contributed by atoms with Crippen LogP contribution in [0.3, 0.4) is 0 Å². The van der Waals surface area contributed by atoms with Crippen LogP contribution in [0.2, 0.25) is 0 Å². The first kappa shape index (κ1) is 12.0. The van der Waals surface area contributed by atoms with Gasteiger partial charge in [0.2, 0.25) is 0 Å². The zero-order chi connectivity index (χ0) is 10.2. The number of hydrogen-bond donors (Lipinski definition) is 1. The molecule has 0 spiro atoms. The van der Waals surface area contributed by atoms with E-state index in [1.165, 1.54) is 32.1 Å². The van der Waals surface area contributed by atoms with Gasteiger partial charge in [-0.1, -0.05) is 26.2 Å². The second kappa shape index (κ2) is 7.24. The first-order valence-corrected chi connectivity index (χ1v) is 6.13. The molecule has 1 saturated carbocycles. The molecule has 0 aromatic heterocycles. The second-order valence-corrected chi connectivity index (χ2v) is 4.37. The fourth-order valence-corrected chi connectivity index (χ4v) is 2.35. The molecule has 84 valence electrons. The van der Waals surface area contributed by atoms with Crippen LogP contribution in [0.25, 0.3) is 0 Å². The second-order valence-electron chi connectivity index (χ2n) is 4.37. The number of ether oxygens (including phenoxy) is 1. The van der Waals surface area contributed by atoms with E-state index in [2.05, 4.69) is 19.3 Å². The highest BCUT2D eigenvalue weighted by molar-refractivity contribution is 4.77. The maximum Gasteiger partial charge on any atom is 0.0622 e. The number of hydrogen-bond acceptors (Lipinski definition) is 2. The molecule has 0 heterocycles. The van der Waals surface area contributed by atoms with E-state index < -0.39 is 0 Å². The van der Waals surface area contributed by atoms with Crippen LogP contribution < -0.4 is 5.32 Å². The normalized spacial score (nSPS) is 21.0. The van der Waals surface area contributed by atoms with Crippen molar-refractivity contribution in [1.29, 1.82) is 0 Å². The van der Waals surface area contributed by atoms with Crippen LogP contribution in [0.5, 0.6) is 0 Å². The highest BCUT2D eigenvalue weighted by Crippen LogP contribution is 2.26. The number of likely N-dealkylation sites (N-methyl/N-ethyl adjacent to an activating group) is 1. The molecule has 1 fully saturated rings. The maximum atomic E-state index is 5.63. The first-order valence-electron chi connectivity index (χ1n) is 6.13. The summed E-state index contributed by atoms with van der Waals surface area (Å²) < 4.78 is 5.63. The van der Waals surface area contributed by atoms with Gasteiger partial charge in [-0.3, -0.25) is 0 Å². The van der Waals surface area contributed by atoms with Crippen LogP contribution in [0.1, 0.15) is 45.4 Å². The summed E-state index contributed by atoms with van der Waals surface area (Å²) in [5, 5.41) is 3.41. The molecule has 0 aromatic rings. The minimum atomic E-state index is 0.585. The Hall–Kier alpha value is -0.0800. The summed E-state index contributed by atoms with van der Waals surface area (Å²) in [6.45, 7) is 3.97. The van der Waals surface area contributed by atoms with Crippen molar-refractivity contribution in [2.75, 3.05) is 20.3 Å². The molecule has 2 nitrogen and oxygen atoms in total. The number of nitrogens with one attached hydrogen (secondary N) is 1. The minimum absolute atomic E-state index is 0.585. The van der Waals surface area contributed by atoms with Gasteiger partial charge in [-0.25, -0.2) is 0 Å². The monoisotopic (exact) mass is 199 g/mol. The molecule has 1 aliphatic rings. The van der Waals surface area contributed by atoms with E-state index in [-0.39, 0.29) is 0 Å². The van der Waals surface area contributed by atoms with Crippen LogP contribution in [-0.2, 0) is 4.74 Å². The lowest BCUT2D eigenvalue weighted by molar-refractivity contribution is 0.0876. The van der Waals surface area contributed by atoms with Gasteiger partial charge in [-0.15, -0.1) is 0 Å². The third kappa shape index (κ3) is 3.97. The Kier molecular flexibility index (Phi) is 6.20. The fraction of sp³-hybridized carbons (Fsp3) is 1.00. The average molecular weight is 199 g/mol. The quantitative estimate of drug-likeness (QED) is 0.664. The summed E-state index contributed by atoms with van der Waals surface area (Å²) >= 11 is 0. The van der Waals surface area contributed by atoms with E-state index in [9.17, 15) is 0 Å². The molecule has 0 radical (unpaired) electrons. The Labute approximate surface area is 88.4 Å². The molecule has 1 N–H and O–H groups in total. The highest BCUT2D eigenvalue weighted by Gasteiger charge is 2.21. The van der Waals surface area contributed by atoms with Crippen molar-refractivity contribution >= 4 is 0 Å². The van der Waals surface area contributed by atoms with Gasteiger partial charge >= 0.3 is 0 Å². The van der Waals surface area contributed by atoms with Gasteiger partial charge in [-0.05, 0) is 32.2 Å². The topological polar surface area (TPSA) is 21.3 Å². The van der Waals surface area contributed by atoms with Crippen LogP contribution in [0.15, 0.2) is 0 Å². The van der Waals surface area contributed by atoms with Crippen molar-refractivity contribution in [3.8, 4) is 0 Å². The summed E-state index contributed by atoms with van der Waals surface area (Å²) in [4.78, 5) is 0. The summed E-state index contributed by atoms with van der Waals surface area (Å²) in [6, 6.07) is 0.585. The summed E-state index contributed by atoms with van der Waals surface area (Å²) in [6.07, 6.45) is 8.17. The van der Waals surface area contributed by atoms with Gasteiger partial charge in [0, 0.05) is 12.6 Å². The Morgan fingerprint density at radius 2 is 2.00 bits per heavy atom. The summed E-state index contributed by atoms with van der Waals surface area (Å²) in [5.74, 6) is 0.852. The van der Waals surface area contributed by atoms with Crippen LogP contribution in [0.4, 0.5) is 0 Å². The molecule has 0 saturated heterocycles. The van der Waals surface area contributed by atoms with E-state index in [1.807, 2.05) is 0 Å². The Morgan fingerprint density at radius 3 is 2.57 bits per heavy atom. The van der Waals surface area contributed by atoms with Gasteiger partial charge in [0.25, 0.3) is 0 Å². The van der Waals surface area contributed by atoms with Crippen molar-refractivity contribution in [2.45, 2.75) is 51.5 Å². The standard InChI is InChI=1S/C12H25NO/c1-3-9-14-10-12(13-2)11-7-5-4-6-8-11/h11-13H,3-10H2,1-2H3. The van der Waals surface area contributed by atoms with Crippen molar-refractivity contribution in [3.05, 3.63) is 0 Å². The van der Waals surface area contributed by atoms with Crippen LogP contribution in [-0.4, -0.2) is 26.3 Å². The zero-order valence-electron chi connectivity index (χ0n) is 9.72. The van der Waals surface area contributed by atoms with E-state index in [0.717, 1.165) is 25.6 Å². The van der Waals surface area contributed by atoms with Gasteiger partial charge < -0.3 is 10.1 Å². The summed E-state index contributed by atoms with van der Waals surface area (Å²) in [7, 11) is 2.06. The van der Waals surface area contributed by atoms with Gasteiger partial charge in [0.1, 0.15) is 0 Å². The van der Waals surface area contributed by atoms with Crippen molar-refractivity contribution in [1.82, 2.24) is 5.32 Å². The molecule has 0 aromatic carbocycles. The smallest absolute Gasteiger partial charge is 0.0622 e. The molecule has 2 heteroatoms. The SMILES string of the molecule is CCCOCC(NC)C1CCCCC1. The molecule has 0 amide bonds. The first-order chi connectivity index (χ1) is 6.88. The molecular weight excluding hydrogens is 174 g/mol. The Morgan fingerprint density at radius 1 is 1.29 bits per heavy atom. The van der Waals surface area contributed by atoms with Crippen molar-refractivity contribution in [2.24, 2.45) is 5.92 Å². The lowest BCUT2D eigenvalue weighted by atomic mass is 9.84. The van der Waals surface area contributed by atoms with E-state index in [1.54, 1.807) is 0 Å². The third-order valence-corrected chi connectivity index (χ3v) is 3.24. The third-order valence-electron chi connectivity index (χ3n) is 3.24. The van der Waals surface area contributed by atoms with Gasteiger partial charge in [-0.2, -0.15) is 0 Å². The molecule has 14 heavy (non-hydrogen) atoms. The van der Waals surface area contributed by atoms with Crippen LogP contribution >= 0.6 is 0 Å². The van der Waals surface area contributed by atoms with Crippen molar-refractivity contribution < 1.29 is 4.74 Å². The average Bonchev–Trinajstić information content (AvgIpc) is 2.26. The fourth-order valence-electron chi connectivity index (χ4n) is 2.35. The minimum Gasteiger partial charge on any atom is -0.380 e. The molecule has 0 bridgehead atoms. The van der Waals surface area contributed by atoms with E-state index >= 15 is 0 Å². The molecular formula is C12H25NO. The molecule has 1 rings (SSSR count). The van der Waals surface area contributed by atoms with Crippen LogP contribution in [0, 0.1) is 5.92 Å².